The average molecular weight is 408 g/mol. The Morgan fingerprint density at radius 1 is 1.11 bits per heavy atom. The molecule has 1 aliphatic carbocycles. The van der Waals surface area contributed by atoms with Crippen molar-refractivity contribution in [3.63, 3.8) is 0 Å². The second-order valence-electron chi connectivity index (χ2n) is 7.01. The van der Waals surface area contributed by atoms with Crippen molar-refractivity contribution in [2.24, 2.45) is 0 Å². The van der Waals surface area contributed by atoms with E-state index in [1.54, 1.807) is 11.8 Å². The van der Waals surface area contributed by atoms with Gasteiger partial charge in [0.15, 0.2) is 5.16 Å². The fourth-order valence-corrected chi connectivity index (χ4v) is 4.52. The molecule has 1 aliphatic rings. The second kappa shape index (κ2) is 7.15. The summed E-state index contributed by atoms with van der Waals surface area (Å²) in [5, 5.41) is 1.51. The van der Waals surface area contributed by atoms with Crippen molar-refractivity contribution in [1.82, 2.24) is 14.5 Å². The predicted molar refractivity (Wildman–Crippen MR) is 115 cm³/mol. The molecule has 0 aliphatic heterocycles. The fourth-order valence-electron chi connectivity index (χ4n) is 3.37. The molecule has 1 fully saturated rings. The molecule has 0 atom stereocenters. The summed E-state index contributed by atoms with van der Waals surface area (Å²) in [5.41, 5.74) is 4.52. The van der Waals surface area contributed by atoms with Crippen molar-refractivity contribution >= 4 is 34.4 Å². The van der Waals surface area contributed by atoms with E-state index in [4.69, 9.17) is 16.6 Å². The molecule has 4 aromatic rings. The first-order chi connectivity index (χ1) is 13.7. The summed E-state index contributed by atoms with van der Waals surface area (Å²) in [4.78, 5) is 21.3. The van der Waals surface area contributed by atoms with Gasteiger partial charge in [-0.25, -0.2) is 4.98 Å². The summed E-state index contributed by atoms with van der Waals surface area (Å²) >= 11 is 7.59. The van der Waals surface area contributed by atoms with Gasteiger partial charge in [0.25, 0.3) is 5.56 Å². The number of hydrogen-bond acceptors (Lipinski definition) is 3. The van der Waals surface area contributed by atoms with Crippen molar-refractivity contribution in [2.75, 3.05) is 0 Å². The van der Waals surface area contributed by atoms with Gasteiger partial charge in [0.2, 0.25) is 0 Å². The molecule has 140 valence electrons. The third-order valence-corrected chi connectivity index (χ3v) is 6.25. The zero-order valence-electron chi connectivity index (χ0n) is 15.1. The van der Waals surface area contributed by atoms with Gasteiger partial charge in [-0.2, -0.15) is 0 Å². The molecule has 0 unspecified atom stereocenters. The normalized spacial score (nSPS) is 13.9. The lowest BCUT2D eigenvalue weighted by atomic mass is 10.1. The SMILES string of the molecule is O=c1c2[nH]cc(-c3ccccc3)c2nc(SCc2ccc(Cl)cc2)n1C1CC1. The highest BCUT2D eigenvalue weighted by Gasteiger charge is 2.29. The van der Waals surface area contributed by atoms with Crippen LogP contribution in [0.25, 0.3) is 22.2 Å². The highest BCUT2D eigenvalue weighted by molar-refractivity contribution is 7.98. The number of H-pyrrole nitrogens is 1. The molecule has 0 amide bonds. The van der Waals surface area contributed by atoms with Gasteiger partial charge in [-0.15, -0.1) is 0 Å². The van der Waals surface area contributed by atoms with Crippen LogP contribution in [0, 0.1) is 0 Å². The Morgan fingerprint density at radius 3 is 2.57 bits per heavy atom. The van der Waals surface area contributed by atoms with Gasteiger partial charge >= 0.3 is 0 Å². The van der Waals surface area contributed by atoms with E-state index in [0.29, 0.717) is 5.52 Å². The first-order valence-electron chi connectivity index (χ1n) is 9.27. The van der Waals surface area contributed by atoms with Gasteiger partial charge in [-0.1, -0.05) is 65.8 Å². The number of thioether (sulfide) groups is 1. The lowest BCUT2D eigenvalue weighted by molar-refractivity contribution is 0.617. The molecule has 1 N–H and O–H groups in total. The molecule has 4 nitrogen and oxygen atoms in total. The first kappa shape index (κ1) is 17.6. The molecular weight excluding hydrogens is 390 g/mol. The summed E-state index contributed by atoms with van der Waals surface area (Å²) in [6.07, 6.45) is 3.96. The Hall–Kier alpha value is -2.50. The standard InChI is InChI=1S/C22H18ClN3OS/c23-16-8-6-14(7-9-16)13-28-22-25-19-18(15-4-2-1-3-5-15)12-24-20(19)21(27)26(22)17-10-11-17/h1-9,12,17,24H,10-11,13H2. The molecule has 2 aromatic heterocycles. The largest absolute Gasteiger partial charge is 0.355 e. The van der Waals surface area contributed by atoms with Crippen molar-refractivity contribution in [3.05, 3.63) is 81.7 Å². The maximum atomic E-state index is 13.2. The summed E-state index contributed by atoms with van der Waals surface area (Å²) < 4.78 is 1.87. The van der Waals surface area contributed by atoms with E-state index in [1.807, 2.05) is 65.4 Å². The number of halogens is 1. The van der Waals surface area contributed by atoms with Crippen molar-refractivity contribution in [3.8, 4) is 11.1 Å². The summed E-state index contributed by atoms with van der Waals surface area (Å²) in [6, 6.07) is 18.1. The average Bonchev–Trinajstić information content (AvgIpc) is 3.46. The van der Waals surface area contributed by atoms with Gasteiger partial charge in [0.1, 0.15) is 11.0 Å². The van der Waals surface area contributed by atoms with Gasteiger partial charge in [-0.3, -0.25) is 9.36 Å². The molecule has 0 saturated heterocycles. The zero-order chi connectivity index (χ0) is 19.1. The molecule has 0 bridgehead atoms. The first-order valence-corrected chi connectivity index (χ1v) is 10.6. The number of benzene rings is 2. The predicted octanol–water partition coefficient (Wildman–Crippen LogP) is 5.67. The van der Waals surface area contributed by atoms with Crippen molar-refractivity contribution < 1.29 is 0 Å². The van der Waals surface area contributed by atoms with E-state index < -0.39 is 0 Å². The fraction of sp³-hybridized carbons (Fsp3) is 0.182. The van der Waals surface area contributed by atoms with Crippen LogP contribution in [0.15, 0.2) is 70.7 Å². The van der Waals surface area contributed by atoms with E-state index in [1.165, 1.54) is 0 Å². The number of fused-ring (bicyclic) bond motifs is 1. The zero-order valence-corrected chi connectivity index (χ0v) is 16.6. The smallest absolute Gasteiger partial charge is 0.278 e. The minimum atomic E-state index is 0.0216. The second-order valence-corrected chi connectivity index (χ2v) is 8.39. The van der Waals surface area contributed by atoms with Crippen LogP contribution in [0.1, 0.15) is 24.4 Å². The van der Waals surface area contributed by atoms with Crippen LogP contribution in [0.5, 0.6) is 0 Å². The molecule has 2 aromatic carbocycles. The van der Waals surface area contributed by atoms with Crippen LogP contribution in [-0.4, -0.2) is 14.5 Å². The van der Waals surface area contributed by atoms with E-state index >= 15 is 0 Å². The van der Waals surface area contributed by atoms with Gasteiger partial charge in [0, 0.05) is 28.6 Å². The van der Waals surface area contributed by atoms with Crippen molar-refractivity contribution in [2.45, 2.75) is 29.8 Å². The van der Waals surface area contributed by atoms with Crippen LogP contribution in [0.2, 0.25) is 5.02 Å². The van der Waals surface area contributed by atoms with E-state index in [0.717, 1.165) is 51.0 Å². The molecular formula is C22H18ClN3OS. The Balaban J connectivity index is 1.59. The molecule has 6 heteroatoms. The molecule has 28 heavy (non-hydrogen) atoms. The Bertz CT molecular complexity index is 1190. The minimum absolute atomic E-state index is 0.0216. The number of aromatic amines is 1. The number of aromatic nitrogens is 3. The van der Waals surface area contributed by atoms with Crippen molar-refractivity contribution in [1.29, 1.82) is 0 Å². The number of nitrogens with zero attached hydrogens (tertiary/aromatic N) is 2. The number of rotatable bonds is 5. The molecule has 5 rings (SSSR count). The van der Waals surface area contributed by atoms with Gasteiger partial charge in [0.05, 0.1) is 0 Å². The summed E-state index contributed by atoms with van der Waals surface area (Å²) in [5.74, 6) is 0.743. The lowest BCUT2D eigenvalue weighted by Crippen LogP contribution is -2.22. The highest BCUT2D eigenvalue weighted by Crippen LogP contribution is 2.38. The van der Waals surface area contributed by atoms with Crippen LogP contribution in [-0.2, 0) is 5.75 Å². The van der Waals surface area contributed by atoms with E-state index in [9.17, 15) is 4.79 Å². The number of hydrogen-bond donors (Lipinski definition) is 1. The van der Waals surface area contributed by atoms with E-state index in [-0.39, 0.29) is 11.6 Å². The Labute approximate surface area is 171 Å². The monoisotopic (exact) mass is 407 g/mol. The maximum absolute atomic E-state index is 13.2. The summed E-state index contributed by atoms with van der Waals surface area (Å²) in [7, 11) is 0. The van der Waals surface area contributed by atoms with Crippen LogP contribution >= 0.6 is 23.4 Å². The molecule has 2 heterocycles. The lowest BCUT2D eigenvalue weighted by Gasteiger charge is -2.11. The summed E-state index contributed by atoms with van der Waals surface area (Å²) in [6.45, 7) is 0. The van der Waals surface area contributed by atoms with Crippen LogP contribution in [0.4, 0.5) is 0 Å². The maximum Gasteiger partial charge on any atom is 0.278 e. The van der Waals surface area contributed by atoms with Gasteiger partial charge in [-0.05, 0) is 36.1 Å². The number of nitrogens with one attached hydrogen (secondary N) is 1. The van der Waals surface area contributed by atoms with Crippen LogP contribution in [0.3, 0.4) is 0 Å². The minimum Gasteiger partial charge on any atom is -0.355 e. The van der Waals surface area contributed by atoms with E-state index in [2.05, 4.69) is 4.98 Å². The Morgan fingerprint density at radius 2 is 1.86 bits per heavy atom. The molecule has 0 radical (unpaired) electrons. The molecule has 1 saturated carbocycles. The van der Waals surface area contributed by atoms with Crippen LogP contribution < -0.4 is 5.56 Å². The van der Waals surface area contributed by atoms with Gasteiger partial charge < -0.3 is 4.98 Å². The quantitative estimate of drug-likeness (QED) is 0.342. The third kappa shape index (κ3) is 3.25. The Kier molecular flexibility index (Phi) is 4.49. The third-order valence-electron chi connectivity index (χ3n) is 4.98. The highest BCUT2D eigenvalue weighted by atomic mass is 35.5. The molecule has 0 spiro atoms. The topological polar surface area (TPSA) is 50.7 Å².